The van der Waals surface area contributed by atoms with Crippen molar-refractivity contribution in [1.29, 1.82) is 0 Å². The fourth-order valence-corrected chi connectivity index (χ4v) is 4.30. The number of hydrogen-bond donors (Lipinski definition) is 0. The molecular formula is C24H26N2O6. The van der Waals surface area contributed by atoms with Crippen LogP contribution in [-0.2, 0) is 27.3 Å². The van der Waals surface area contributed by atoms with Crippen molar-refractivity contribution in [1.82, 2.24) is 4.90 Å². The molecule has 2 aliphatic rings. The van der Waals surface area contributed by atoms with Crippen LogP contribution >= 0.6 is 0 Å². The summed E-state index contributed by atoms with van der Waals surface area (Å²) in [4.78, 5) is 41.1. The molecular weight excluding hydrogens is 412 g/mol. The number of hydrogen-bond acceptors (Lipinski definition) is 7. The molecule has 8 heteroatoms. The van der Waals surface area contributed by atoms with Gasteiger partial charge < -0.3 is 14.2 Å². The minimum atomic E-state index is -0.520. The number of methoxy groups -OCH3 is 2. The summed E-state index contributed by atoms with van der Waals surface area (Å²) >= 11 is 0. The zero-order chi connectivity index (χ0) is 22.8. The number of anilines is 1. The Kier molecular flexibility index (Phi) is 6.14. The normalized spacial score (nSPS) is 18.5. The summed E-state index contributed by atoms with van der Waals surface area (Å²) in [5, 5.41) is 0. The van der Waals surface area contributed by atoms with Crippen molar-refractivity contribution in [2.45, 2.75) is 32.4 Å². The van der Waals surface area contributed by atoms with Gasteiger partial charge in [0.05, 0.1) is 44.5 Å². The van der Waals surface area contributed by atoms with Crippen LogP contribution in [0.3, 0.4) is 0 Å². The lowest BCUT2D eigenvalue weighted by atomic mass is 9.97. The molecule has 4 rings (SSSR count). The first-order chi connectivity index (χ1) is 15.5. The van der Waals surface area contributed by atoms with Crippen molar-refractivity contribution >= 4 is 23.5 Å². The predicted octanol–water partition coefficient (Wildman–Crippen LogP) is 2.57. The third kappa shape index (κ3) is 3.93. The summed E-state index contributed by atoms with van der Waals surface area (Å²) in [6.45, 7) is 3.24. The fourth-order valence-electron chi connectivity index (χ4n) is 4.30. The fraction of sp³-hybridized carbons (Fsp3) is 0.375. The highest BCUT2D eigenvalue weighted by Crippen LogP contribution is 2.35. The van der Waals surface area contributed by atoms with Crippen LogP contribution < -0.4 is 14.4 Å². The summed E-state index contributed by atoms with van der Waals surface area (Å²) in [6.07, 6.45) is 0.878. The maximum atomic E-state index is 13.2. The maximum Gasteiger partial charge on any atom is 0.338 e. The molecule has 0 spiro atoms. The maximum absolute atomic E-state index is 13.2. The first kappa shape index (κ1) is 21.8. The van der Waals surface area contributed by atoms with Crippen LogP contribution in [-0.4, -0.2) is 56.1 Å². The largest absolute Gasteiger partial charge is 0.493 e. The van der Waals surface area contributed by atoms with Crippen LogP contribution in [0.1, 0.15) is 34.8 Å². The van der Waals surface area contributed by atoms with Gasteiger partial charge in [-0.25, -0.2) is 9.69 Å². The van der Waals surface area contributed by atoms with Gasteiger partial charge in [-0.3, -0.25) is 14.5 Å². The van der Waals surface area contributed by atoms with Crippen molar-refractivity contribution in [3.8, 4) is 11.5 Å². The van der Waals surface area contributed by atoms with Crippen LogP contribution in [0.5, 0.6) is 11.5 Å². The molecule has 1 atom stereocenters. The second-order valence-electron chi connectivity index (χ2n) is 7.75. The molecule has 1 saturated heterocycles. The van der Waals surface area contributed by atoms with Gasteiger partial charge in [0.2, 0.25) is 5.91 Å². The van der Waals surface area contributed by atoms with E-state index in [1.165, 1.54) is 4.90 Å². The van der Waals surface area contributed by atoms with Gasteiger partial charge in [-0.2, -0.15) is 0 Å². The van der Waals surface area contributed by atoms with E-state index in [2.05, 4.69) is 0 Å². The van der Waals surface area contributed by atoms with E-state index < -0.39 is 12.0 Å². The molecule has 1 fully saturated rings. The number of amides is 2. The lowest BCUT2D eigenvalue weighted by Gasteiger charge is -2.32. The van der Waals surface area contributed by atoms with Crippen LogP contribution in [0.2, 0.25) is 0 Å². The smallest absolute Gasteiger partial charge is 0.338 e. The van der Waals surface area contributed by atoms with Crippen molar-refractivity contribution in [2.24, 2.45) is 0 Å². The third-order valence-corrected chi connectivity index (χ3v) is 5.95. The minimum Gasteiger partial charge on any atom is -0.493 e. The molecule has 8 nitrogen and oxygen atoms in total. The number of imide groups is 1. The number of esters is 1. The Labute approximate surface area is 186 Å². The first-order valence-electron chi connectivity index (χ1n) is 10.6. The van der Waals surface area contributed by atoms with Crippen LogP contribution in [0, 0.1) is 0 Å². The van der Waals surface area contributed by atoms with E-state index in [0.29, 0.717) is 35.8 Å². The Morgan fingerprint density at radius 1 is 1.03 bits per heavy atom. The zero-order valence-electron chi connectivity index (χ0n) is 18.4. The van der Waals surface area contributed by atoms with E-state index in [9.17, 15) is 14.4 Å². The third-order valence-electron chi connectivity index (χ3n) is 5.95. The molecule has 2 heterocycles. The molecule has 2 aromatic carbocycles. The quantitative estimate of drug-likeness (QED) is 0.506. The molecule has 0 aromatic heterocycles. The van der Waals surface area contributed by atoms with E-state index in [1.807, 2.05) is 17.0 Å². The standard InChI is InChI=1S/C24H26N2O6/c1-4-32-24(29)15-5-7-18(8-6-15)26-22(27)13-19(23(26)28)25-10-9-16-11-20(30-2)21(31-3)12-17(16)14-25/h5-8,11-12,19H,4,9-10,13-14H2,1-3H3/t19-/m0/s1. The molecule has 2 amide bonds. The molecule has 0 saturated carbocycles. The predicted molar refractivity (Wildman–Crippen MR) is 117 cm³/mol. The Bertz CT molecular complexity index is 1050. The van der Waals surface area contributed by atoms with E-state index in [4.69, 9.17) is 14.2 Å². The van der Waals surface area contributed by atoms with Crippen LogP contribution in [0.25, 0.3) is 0 Å². The lowest BCUT2D eigenvalue weighted by Crippen LogP contribution is -2.44. The Balaban J connectivity index is 1.52. The number of fused-ring (bicyclic) bond motifs is 1. The van der Waals surface area contributed by atoms with Gasteiger partial charge in [0, 0.05) is 13.1 Å². The summed E-state index contributed by atoms with van der Waals surface area (Å²) in [5.41, 5.74) is 3.05. The van der Waals surface area contributed by atoms with Gasteiger partial charge in [0.25, 0.3) is 5.91 Å². The summed E-state index contributed by atoms with van der Waals surface area (Å²) in [7, 11) is 3.20. The van der Waals surface area contributed by atoms with Gasteiger partial charge in [0.1, 0.15) is 0 Å². The average molecular weight is 438 g/mol. The molecule has 0 bridgehead atoms. The second kappa shape index (κ2) is 9.00. The number of carbonyl (C=O) groups excluding carboxylic acids is 3. The van der Waals surface area contributed by atoms with Crippen LogP contribution in [0.15, 0.2) is 36.4 Å². The molecule has 0 aliphatic carbocycles. The molecule has 32 heavy (non-hydrogen) atoms. The average Bonchev–Trinajstić information content (AvgIpc) is 3.11. The Hall–Kier alpha value is -3.39. The van der Waals surface area contributed by atoms with Crippen molar-refractivity contribution < 1.29 is 28.6 Å². The molecule has 0 N–H and O–H groups in total. The lowest BCUT2D eigenvalue weighted by molar-refractivity contribution is -0.123. The van der Waals surface area contributed by atoms with Crippen molar-refractivity contribution in [3.63, 3.8) is 0 Å². The highest BCUT2D eigenvalue weighted by molar-refractivity contribution is 6.22. The number of rotatable bonds is 6. The van der Waals surface area contributed by atoms with E-state index in [-0.39, 0.29) is 24.8 Å². The number of nitrogens with zero attached hydrogens (tertiary/aromatic N) is 2. The topological polar surface area (TPSA) is 85.4 Å². The zero-order valence-corrected chi connectivity index (χ0v) is 18.4. The first-order valence-corrected chi connectivity index (χ1v) is 10.6. The van der Waals surface area contributed by atoms with Gasteiger partial charge in [-0.1, -0.05) is 0 Å². The molecule has 2 aliphatic heterocycles. The number of ether oxygens (including phenoxy) is 3. The van der Waals surface area contributed by atoms with Gasteiger partial charge >= 0.3 is 5.97 Å². The second-order valence-corrected chi connectivity index (χ2v) is 7.75. The molecule has 0 unspecified atom stereocenters. The molecule has 2 aromatic rings. The van der Waals surface area contributed by atoms with Gasteiger partial charge in [-0.05, 0) is 60.9 Å². The monoisotopic (exact) mass is 438 g/mol. The highest BCUT2D eigenvalue weighted by Gasteiger charge is 2.43. The number of benzene rings is 2. The van der Waals surface area contributed by atoms with Crippen LogP contribution in [0.4, 0.5) is 5.69 Å². The highest BCUT2D eigenvalue weighted by atomic mass is 16.5. The number of carbonyl (C=O) groups is 3. The Morgan fingerprint density at radius 3 is 2.31 bits per heavy atom. The summed E-state index contributed by atoms with van der Waals surface area (Å²) < 4.78 is 15.8. The van der Waals surface area contributed by atoms with Crippen molar-refractivity contribution in [3.05, 3.63) is 53.1 Å². The van der Waals surface area contributed by atoms with Gasteiger partial charge in [0.15, 0.2) is 11.5 Å². The van der Waals surface area contributed by atoms with Gasteiger partial charge in [-0.15, -0.1) is 0 Å². The van der Waals surface area contributed by atoms with E-state index in [0.717, 1.165) is 17.5 Å². The van der Waals surface area contributed by atoms with E-state index in [1.54, 1.807) is 45.4 Å². The minimum absolute atomic E-state index is 0.126. The van der Waals surface area contributed by atoms with Crippen molar-refractivity contribution in [2.75, 3.05) is 32.3 Å². The summed E-state index contributed by atoms with van der Waals surface area (Å²) in [6, 6.07) is 9.74. The SMILES string of the molecule is CCOC(=O)c1ccc(N2C(=O)C[C@H](N3CCc4cc(OC)c(OC)cc4C3)C2=O)cc1. The molecule has 168 valence electrons. The van der Waals surface area contributed by atoms with E-state index >= 15 is 0 Å². The molecule has 0 radical (unpaired) electrons. The summed E-state index contributed by atoms with van der Waals surface area (Å²) in [5.74, 6) is 0.398. The Morgan fingerprint density at radius 2 is 1.69 bits per heavy atom.